The van der Waals surface area contributed by atoms with Crippen molar-refractivity contribution in [3.05, 3.63) is 36.0 Å². The van der Waals surface area contributed by atoms with Crippen LogP contribution in [0.5, 0.6) is 5.88 Å². The van der Waals surface area contributed by atoms with Crippen LogP contribution in [0, 0.1) is 0 Å². The van der Waals surface area contributed by atoms with Gasteiger partial charge < -0.3 is 14.7 Å². The zero-order valence-electron chi connectivity index (χ0n) is 12.6. The standard InChI is InChI=1S/C16H22N2O2/c1-16(2,18(3)4)11-20-15-14-8-6-5-7-13(14)12(10-19)9-17-15/h5-9,19H,10-11H2,1-4H3. The molecule has 0 bridgehead atoms. The molecule has 0 spiro atoms. The van der Waals surface area contributed by atoms with Crippen LogP contribution in [-0.2, 0) is 6.61 Å². The Bertz CT molecular complexity index is 594. The Kier molecular flexibility index (Phi) is 4.26. The summed E-state index contributed by atoms with van der Waals surface area (Å²) in [5, 5.41) is 11.3. The van der Waals surface area contributed by atoms with Crippen molar-refractivity contribution in [3.63, 3.8) is 0 Å². The van der Waals surface area contributed by atoms with E-state index >= 15 is 0 Å². The Balaban J connectivity index is 2.32. The summed E-state index contributed by atoms with van der Waals surface area (Å²) in [6, 6.07) is 7.86. The normalized spacial score (nSPS) is 12.1. The van der Waals surface area contributed by atoms with Crippen molar-refractivity contribution >= 4 is 10.8 Å². The molecule has 0 saturated heterocycles. The highest BCUT2D eigenvalue weighted by Gasteiger charge is 2.22. The molecule has 0 amide bonds. The number of aromatic nitrogens is 1. The van der Waals surface area contributed by atoms with E-state index in [-0.39, 0.29) is 12.1 Å². The molecular formula is C16H22N2O2. The van der Waals surface area contributed by atoms with Gasteiger partial charge in [0.05, 0.1) is 6.61 Å². The first-order valence-electron chi connectivity index (χ1n) is 6.73. The lowest BCUT2D eigenvalue weighted by molar-refractivity contribution is 0.112. The van der Waals surface area contributed by atoms with Crippen LogP contribution in [0.1, 0.15) is 19.4 Å². The molecule has 0 aliphatic rings. The molecule has 1 heterocycles. The summed E-state index contributed by atoms with van der Waals surface area (Å²) in [5.41, 5.74) is 0.748. The number of hydrogen-bond acceptors (Lipinski definition) is 4. The summed E-state index contributed by atoms with van der Waals surface area (Å²) in [6.45, 7) is 4.78. The third-order valence-electron chi connectivity index (χ3n) is 3.78. The molecular weight excluding hydrogens is 252 g/mol. The maximum Gasteiger partial charge on any atom is 0.221 e. The number of rotatable bonds is 5. The second-order valence-corrected chi connectivity index (χ2v) is 5.79. The number of pyridine rings is 1. The number of fused-ring (bicyclic) bond motifs is 1. The van der Waals surface area contributed by atoms with Crippen molar-refractivity contribution in [2.45, 2.75) is 26.0 Å². The van der Waals surface area contributed by atoms with E-state index in [9.17, 15) is 5.11 Å². The number of hydrogen-bond donors (Lipinski definition) is 1. The first-order valence-corrected chi connectivity index (χ1v) is 6.73. The molecule has 2 rings (SSSR count). The van der Waals surface area contributed by atoms with E-state index in [4.69, 9.17) is 4.74 Å². The lowest BCUT2D eigenvalue weighted by Crippen LogP contribution is -2.43. The fourth-order valence-corrected chi connectivity index (χ4v) is 1.84. The summed E-state index contributed by atoms with van der Waals surface area (Å²) < 4.78 is 5.91. The highest BCUT2D eigenvalue weighted by Crippen LogP contribution is 2.27. The first kappa shape index (κ1) is 14.8. The molecule has 1 aromatic carbocycles. The molecule has 0 atom stereocenters. The molecule has 20 heavy (non-hydrogen) atoms. The van der Waals surface area contributed by atoms with Crippen molar-refractivity contribution in [1.29, 1.82) is 0 Å². The Hall–Kier alpha value is -1.65. The van der Waals surface area contributed by atoms with Gasteiger partial charge in [0.25, 0.3) is 0 Å². The van der Waals surface area contributed by atoms with Gasteiger partial charge >= 0.3 is 0 Å². The lowest BCUT2D eigenvalue weighted by Gasteiger charge is -2.32. The van der Waals surface area contributed by atoms with Crippen molar-refractivity contribution in [2.75, 3.05) is 20.7 Å². The van der Waals surface area contributed by atoms with Gasteiger partial charge in [-0.2, -0.15) is 0 Å². The van der Waals surface area contributed by atoms with Crippen LogP contribution >= 0.6 is 0 Å². The highest BCUT2D eigenvalue weighted by atomic mass is 16.5. The van der Waals surface area contributed by atoms with Crippen LogP contribution in [0.2, 0.25) is 0 Å². The molecule has 0 unspecified atom stereocenters. The van der Waals surface area contributed by atoms with Gasteiger partial charge in [-0.1, -0.05) is 18.2 Å². The minimum Gasteiger partial charge on any atom is -0.475 e. The van der Waals surface area contributed by atoms with E-state index in [1.807, 2.05) is 38.4 Å². The lowest BCUT2D eigenvalue weighted by atomic mass is 10.1. The average Bonchev–Trinajstić information content (AvgIpc) is 2.44. The van der Waals surface area contributed by atoms with Gasteiger partial charge in [-0.25, -0.2) is 4.98 Å². The maximum absolute atomic E-state index is 9.37. The molecule has 0 aliphatic heterocycles. The molecule has 0 saturated carbocycles. The molecule has 1 aromatic heterocycles. The van der Waals surface area contributed by atoms with Crippen LogP contribution in [0.15, 0.2) is 30.5 Å². The maximum atomic E-state index is 9.37. The van der Waals surface area contributed by atoms with Gasteiger partial charge in [-0.05, 0) is 39.4 Å². The van der Waals surface area contributed by atoms with Crippen molar-refractivity contribution < 1.29 is 9.84 Å². The van der Waals surface area contributed by atoms with Gasteiger partial charge in [-0.3, -0.25) is 0 Å². The van der Waals surface area contributed by atoms with E-state index in [0.29, 0.717) is 12.5 Å². The molecule has 0 fully saturated rings. The molecule has 108 valence electrons. The number of ether oxygens (including phenoxy) is 1. The molecule has 2 aromatic rings. The third-order valence-corrected chi connectivity index (χ3v) is 3.78. The van der Waals surface area contributed by atoms with E-state index < -0.39 is 0 Å². The van der Waals surface area contributed by atoms with Crippen LogP contribution in [0.4, 0.5) is 0 Å². The number of benzene rings is 1. The number of aliphatic hydroxyl groups excluding tert-OH is 1. The monoisotopic (exact) mass is 274 g/mol. The van der Waals surface area contributed by atoms with E-state index in [1.54, 1.807) is 6.20 Å². The zero-order valence-corrected chi connectivity index (χ0v) is 12.6. The summed E-state index contributed by atoms with van der Waals surface area (Å²) in [6.07, 6.45) is 1.68. The predicted octanol–water partition coefficient (Wildman–Crippen LogP) is 2.45. The van der Waals surface area contributed by atoms with E-state index in [0.717, 1.165) is 16.3 Å². The highest BCUT2D eigenvalue weighted by molar-refractivity contribution is 5.89. The van der Waals surface area contributed by atoms with Crippen LogP contribution in [0.25, 0.3) is 10.8 Å². The topological polar surface area (TPSA) is 45.6 Å². The molecule has 0 radical (unpaired) electrons. The fourth-order valence-electron chi connectivity index (χ4n) is 1.84. The Labute approximate surface area is 120 Å². The van der Waals surface area contributed by atoms with Crippen LogP contribution in [0.3, 0.4) is 0 Å². The van der Waals surface area contributed by atoms with E-state index in [2.05, 4.69) is 23.7 Å². The van der Waals surface area contributed by atoms with Gasteiger partial charge in [0.15, 0.2) is 0 Å². The first-order chi connectivity index (χ1) is 9.45. The average molecular weight is 274 g/mol. The largest absolute Gasteiger partial charge is 0.475 e. The minimum atomic E-state index is -0.0710. The second kappa shape index (κ2) is 5.77. The molecule has 4 heteroatoms. The zero-order chi connectivity index (χ0) is 14.8. The summed E-state index contributed by atoms with van der Waals surface area (Å²) >= 11 is 0. The smallest absolute Gasteiger partial charge is 0.221 e. The Morgan fingerprint density at radius 1 is 1.20 bits per heavy atom. The van der Waals surface area contributed by atoms with Gasteiger partial charge in [-0.15, -0.1) is 0 Å². The SMILES string of the molecule is CN(C)C(C)(C)COc1ncc(CO)c2ccccc12. The van der Waals surface area contributed by atoms with Crippen molar-refractivity contribution in [2.24, 2.45) is 0 Å². The molecule has 1 N–H and O–H groups in total. The van der Waals surface area contributed by atoms with Gasteiger partial charge in [0.2, 0.25) is 5.88 Å². The van der Waals surface area contributed by atoms with Crippen molar-refractivity contribution in [1.82, 2.24) is 9.88 Å². The summed E-state index contributed by atoms with van der Waals surface area (Å²) in [4.78, 5) is 6.46. The molecule has 4 nitrogen and oxygen atoms in total. The third kappa shape index (κ3) is 2.92. The summed E-state index contributed by atoms with van der Waals surface area (Å²) in [5.74, 6) is 0.618. The number of nitrogens with zero attached hydrogens (tertiary/aromatic N) is 2. The number of likely N-dealkylation sites (N-methyl/N-ethyl adjacent to an activating group) is 1. The van der Waals surface area contributed by atoms with Crippen molar-refractivity contribution in [3.8, 4) is 5.88 Å². The predicted molar refractivity (Wildman–Crippen MR) is 80.9 cm³/mol. The van der Waals surface area contributed by atoms with Gasteiger partial charge in [0, 0.05) is 22.7 Å². The minimum absolute atomic E-state index is 0.0169. The Morgan fingerprint density at radius 3 is 2.45 bits per heavy atom. The molecule has 0 aliphatic carbocycles. The quantitative estimate of drug-likeness (QED) is 0.909. The second-order valence-electron chi connectivity index (χ2n) is 5.79. The fraction of sp³-hybridized carbons (Fsp3) is 0.438. The van der Waals surface area contributed by atoms with Gasteiger partial charge in [0.1, 0.15) is 6.61 Å². The number of aliphatic hydroxyl groups is 1. The Morgan fingerprint density at radius 2 is 1.85 bits per heavy atom. The van der Waals surface area contributed by atoms with Crippen LogP contribution < -0.4 is 4.74 Å². The van der Waals surface area contributed by atoms with E-state index in [1.165, 1.54) is 0 Å². The summed E-state index contributed by atoms with van der Waals surface area (Å²) in [7, 11) is 4.06. The van der Waals surface area contributed by atoms with Crippen LogP contribution in [-0.4, -0.2) is 41.2 Å².